The Balaban J connectivity index is 2.47. The van der Waals surface area contributed by atoms with Crippen LogP contribution in [0.25, 0.3) is 0 Å². The number of fused-ring (bicyclic) bond motifs is 1. The number of rotatable bonds is 2. The largest absolute Gasteiger partial charge is 0.286 e. The number of hydrogen-bond donors (Lipinski definition) is 0. The number of hydrazine groups is 1. The molecule has 0 saturated carbocycles. The number of hydrogen-bond acceptors (Lipinski definition) is 1. The Hall–Kier alpha value is -1.12. The molecule has 0 unspecified atom stereocenters. The van der Waals surface area contributed by atoms with Crippen LogP contribution >= 0.6 is 0 Å². The Morgan fingerprint density at radius 1 is 1.15 bits per heavy atom. The van der Waals surface area contributed by atoms with Gasteiger partial charge in [-0.05, 0) is 19.3 Å². The summed E-state index contributed by atoms with van der Waals surface area (Å²) in [4.78, 5) is 12.6. The van der Waals surface area contributed by atoms with Crippen molar-refractivity contribution in [3.05, 3.63) is 12.2 Å². The lowest BCUT2D eigenvalue weighted by atomic mass is 9.89. The van der Waals surface area contributed by atoms with Crippen LogP contribution < -0.4 is 0 Å². The van der Waals surface area contributed by atoms with E-state index >= 15 is 0 Å². The second-order valence-electron chi connectivity index (χ2n) is 6.74. The fraction of sp³-hybridized carbons (Fsp3) is 0.765. The summed E-state index contributed by atoms with van der Waals surface area (Å²) in [6.07, 6.45) is 8.71. The Labute approximate surface area is 123 Å². The van der Waals surface area contributed by atoms with Gasteiger partial charge < -0.3 is 0 Å². The van der Waals surface area contributed by atoms with E-state index in [4.69, 9.17) is 0 Å². The van der Waals surface area contributed by atoms with Crippen molar-refractivity contribution in [1.82, 2.24) is 5.01 Å². The summed E-state index contributed by atoms with van der Waals surface area (Å²) in [5.41, 5.74) is 1.40. The quantitative estimate of drug-likeness (QED) is 0.561. The van der Waals surface area contributed by atoms with Gasteiger partial charge in [0.05, 0.1) is 7.05 Å². The van der Waals surface area contributed by atoms with Crippen LogP contribution in [0.3, 0.4) is 0 Å². The average molecular weight is 277 g/mol. The monoisotopic (exact) mass is 277 g/mol. The number of nitrogens with zero attached hydrogens (tertiary/aromatic N) is 2. The van der Waals surface area contributed by atoms with Gasteiger partial charge in [0.15, 0.2) is 11.8 Å². The van der Waals surface area contributed by atoms with Gasteiger partial charge in [0.2, 0.25) is 0 Å². The molecule has 1 aliphatic carbocycles. The molecule has 3 nitrogen and oxygen atoms in total. The van der Waals surface area contributed by atoms with Crippen molar-refractivity contribution in [3.8, 4) is 0 Å². The standard InChI is InChI=1S/C17H29N2O/c1-12(2)16(13(3)4)19-15-11-9-7-6-8-10-14(15)17(20)18(19)5/h6-7,12-15H,8-11H2,1-5H3/q+1/b7-6-/t14-,15+/m0/s1. The van der Waals surface area contributed by atoms with Gasteiger partial charge in [-0.1, -0.05) is 39.8 Å². The molecule has 1 saturated heterocycles. The topological polar surface area (TPSA) is 23.3 Å². The highest BCUT2D eigenvalue weighted by Gasteiger charge is 2.51. The van der Waals surface area contributed by atoms with Crippen molar-refractivity contribution < 1.29 is 9.48 Å². The summed E-state index contributed by atoms with van der Waals surface area (Å²) in [5, 5.41) is 1.90. The minimum Gasteiger partial charge on any atom is -0.268 e. The first-order valence-electron chi connectivity index (χ1n) is 8.03. The molecule has 1 fully saturated rings. The van der Waals surface area contributed by atoms with E-state index in [0.717, 1.165) is 25.7 Å². The van der Waals surface area contributed by atoms with Crippen molar-refractivity contribution in [3.63, 3.8) is 0 Å². The van der Waals surface area contributed by atoms with E-state index in [-0.39, 0.29) is 5.92 Å². The molecule has 0 N–H and O–H groups in total. The van der Waals surface area contributed by atoms with Crippen LogP contribution in [0, 0.1) is 17.8 Å². The molecule has 20 heavy (non-hydrogen) atoms. The van der Waals surface area contributed by atoms with E-state index in [0.29, 0.717) is 23.8 Å². The molecular weight excluding hydrogens is 248 g/mol. The van der Waals surface area contributed by atoms with Crippen LogP contribution in [0.1, 0.15) is 53.4 Å². The van der Waals surface area contributed by atoms with Crippen molar-refractivity contribution >= 4 is 11.6 Å². The number of hydrazone groups is 1. The Kier molecular flexibility index (Phi) is 4.66. The fourth-order valence-corrected chi connectivity index (χ4v) is 3.88. The van der Waals surface area contributed by atoms with Crippen LogP contribution in [0.4, 0.5) is 0 Å². The molecule has 0 radical (unpaired) electrons. The minimum absolute atomic E-state index is 0.178. The molecule has 3 heteroatoms. The van der Waals surface area contributed by atoms with Gasteiger partial charge >= 0.3 is 0 Å². The Morgan fingerprint density at radius 2 is 1.70 bits per heavy atom. The van der Waals surface area contributed by atoms with Crippen molar-refractivity contribution in [2.45, 2.75) is 59.4 Å². The fourth-order valence-electron chi connectivity index (χ4n) is 3.88. The van der Waals surface area contributed by atoms with Crippen molar-refractivity contribution in [2.75, 3.05) is 7.05 Å². The second kappa shape index (κ2) is 6.11. The highest BCUT2D eigenvalue weighted by Crippen LogP contribution is 2.31. The molecule has 2 atom stereocenters. The molecule has 0 spiro atoms. The van der Waals surface area contributed by atoms with Gasteiger partial charge in [0, 0.05) is 18.3 Å². The first-order valence-corrected chi connectivity index (χ1v) is 8.03. The summed E-state index contributed by atoms with van der Waals surface area (Å²) in [5.74, 6) is 1.44. The lowest BCUT2D eigenvalue weighted by Crippen LogP contribution is -2.40. The third-order valence-corrected chi connectivity index (χ3v) is 4.63. The number of allylic oxidation sites excluding steroid dienone is 2. The molecule has 1 amide bonds. The molecule has 1 aliphatic heterocycles. The zero-order chi connectivity index (χ0) is 14.9. The molecule has 1 heterocycles. The first-order chi connectivity index (χ1) is 9.45. The smallest absolute Gasteiger partial charge is 0.268 e. The van der Waals surface area contributed by atoms with Crippen LogP contribution in [0.5, 0.6) is 0 Å². The zero-order valence-electron chi connectivity index (χ0n) is 13.6. The summed E-state index contributed by atoms with van der Waals surface area (Å²) in [6, 6.07) is 0.359. The van der Waals surface area contributed by atoms with E-state index in [1.54, 1.807) is 0 Å². The summed E-state index contributed by atoms with van der Waals surface area (Å²) < 4.78 is 2.33. The molecule has 0 bridgehead atoms. The molecule has 0 aromatic heterocycles. The predicted octanol–water partition coefficient (Wildman–Crippen LogP) is 3.25. The number of carbonyl (C=O) groups excluding carboxylic acids is 1. The molecular formula is C17H29N2O+. The molecule has 0 aromatic rings. The highest BCUT2D eigenvalue weighted by molar-refractivity contribution is 5.86. The minimum atomic E-state index is 0.178. The van der Waals surface area contributed by atoms with Gasteiger partial charge in [0.1, 0.15) is 5.92 Å². The summed E-state index contributed by atoms with van der Waals surface area (Å²) in [6.45, 7) is 8.96. The van der Waals surface area contributed by atoms with E-state index in [1.165, 1.54) is 5.71 Å². The van der Waals surface area contributed by atoms with E-state index in [1.807, 2.05) is 12.1 Å². The lowest BCUT2D eigenvalue weighted by Gasteiger charge is -2.20. The summed E-state index contributed by atoms with van der Waals surface area (Å²) in [7, 11) is 1.95. The zero-order valence-corrected chi connectivity index (χ0v) is 13.6. The third kappa shape index (κ3) is 2.68. The maximum absolute atomic E-state index is 12.6. The van der Waals surface area contributed by atoms with Gasteiger partial charge in [-0.15, -0.1) is 9.69 Å². The van der Waals surface area contributed by atoms with E-state index in [2.05, 4.69) is 44.5 Å². The second-order valence-corrected chi connectivity index (χ2v) is 6.74. The summed E-state index contributed by atoms with van der Waals surface area (Å²) >= 11 is 0. The molecule has 2 aliphatic rings. The predicted molar refractivity (Wildman–Crippen MR) is 82.6 cm³/mol. The van der Waals surface area contributed by atoms with E-state index in [9.17, 15) is 4.79 Å². The maximum atomic E-state index is 12.6. The van der Waals surface area contributed by atoms with Gasteiger partial charge in [-0.2, -0.15) is 0 Å². The number of carbonyl (C=O) groups is 1. The van der Waals surface area contributed by atoms with Crippen LogP contribution in [0.2, 0.25) is 0 Å². The van der Waals surface area contributed by atoms with Crippen LogP contribution in [0.15, 0.2) is 12.2 Å². The highest BCUT2D eigenvalue weighted by atomic mass is 16.2. The Morgan fingerprint density at radius 3 is 2.25 bits per heavy atom. The molecule has 2 rings (SSSR count). The average Bonchev–Trinajstić information content (AvgIpc) is 2.53. The van der Waals surface area contributed by atoms with Gasteiger partial charge in [-0.3, -0.25) is 4.79 Å². The van der Waals surface area contributed by atoms with Crippen LogP contribution in [-0.2, 0) is 4.79 Å². The van der Waals surface area contributed by atoms with Crippen molar-refractivity contribution in [2.24, 2.45) is 17.8 Å². The normalized spacial score (nSPS) is 28.6. The Bertz CT molecular complexity index is 424. The van der Waals surface area contributed by atoms with Gasteiger partial charge in [-0.25, -0.2) is 0 Å². The van der Waals surface area contributed by atoms with Crippen LogP contribution in [-0.4, -0.2) is 34.4 Å². The first kappa shape index (κ1) is 15.3. The lowest BCUT2D eigenvalue weighted by molar-refractivity contribution is -0.683. The SMILES string of the molecule is CC(C)C(C(C)C)=[N+]1[C@@H]2CC/C=C\CC[C@@H]2C(=O)N1C. The molecule has 0 aromatic carbocycles. The maximum Gasteiger partial charge on any atom is 0.286 e. The van der Waals surface area contributed by atoms with E-state index < -0.39 is 0 Å². The third-order valence-electron chi connectivity index (χ3n) is 4.63. The van der Waals surface area contributed by atoms with Crippen molar-refractivity contribution in [1.29, 1.82) is 0 Å². The number of amides is 1. The molecule has 112 valence electrons. The van der Waals surface area contributed by atoms with Gasteiger partial charge in [0.25, 0.3) is 5.91 Å².